The molecule has 9 heteroatoms. The number of nitro benzene ring substituents is 1. The first-order valence-electron chi connectivity index (χ1n) is 8.02. The van der Waals surface area contributed by atoms with Crippen molar-refractivity contribution in [3.63, 3.8) is 0 Å². The van der Waals surface area contributed by atoms with Crippen LogP contribution in [0.4, 0.5) is 5.69 Å². The first kappa shape index (κ1) is 18.5. The lowest BCUT2D eigenvalue weighted by Crippen LogP contribution is -2.25. The maximum Gasteiger partial charge on any atom is 0.335 e. The van der Waals surface area contributed by atoms with E-state index in [4.69, 9.17) is 17.3 Å². The number of benzene rings is 2. The molecule has 0 aliphatic rings. The van der Waals surface area contributed by atoms with Gasteiger partial charge >= 0.3 is 5.97 Å². The lowest BCUT2D eigenvalue weighted by Gasteiger charge is -2.18. The zero-order chi connectivity index (χ0) is 19.9. The van der Waals surface area contributed by atoms with Crippen LogP contribution in [0.3, 0.4) is 0 Å². The summed E-state index contributed by atoms with van der Waals surface area (Å²) in [5, 5.41) is 20.3. The Hall–Kier alpha value is -3.33. The number of carboxylic acids is 1. The van der Waals surface area contributed by atoms with Crippen LogP contribution in [0.15, 0.2) is 47.3 Å². The fraction of sp³-hybridized carbons (Fsp3) is 0.167. The third-order valence-electron chi connectivity index (χ3n) is 4.17. The zero-order valence-corrected chi connectivity index (χ0v) is 15.3. The number of rotatable bonds is 4. The van der Waals surface area contributed by atoms with Crippen molar-refractivity contribution in [1.29, 1.82) is 0 Å². The predicted molar refractivity (Wildman–Crippen MR) is 102 cm³/mol. The highest BCUT2D eigenvalue weighted by atomic mass is 32.1. The second kappa shape index (κ2) is 6.76. The molecule has 0 aliphatic heterocycles. The van der Waals surface area contributed by atoms with Crippen LogP contribution in [0.25, 0.3) is 16.6 Å². The molecule has 3 rings (SSSR count). The number of aromatic carboxylic acids is 1. The first-order valence-corrected chi connectivity index (χ1v) is 8.42. The number of fused-ring (bicyclic) bond motifs is 1. The molecular weight excluding hydrogens is 370 g/mol. The number of carboxylic acid groups (broad SMARTS) is 1. The third kappa shape index (κ3) is 3.13. The van der Waals surface area contributed by atoms with Crippen molar-refractivity contribution < 1.29 is 14.8 Å². The van der Waals surface area contributed by atoms with E-state index in [9.17, 15) is 19.7 Å². The predicted octanol–water partition coefficient (Wildman–Crippen LogP) is 3.71. The summed E-state index contributed by atoms with van der Waals surface area (Å²) < 4.78 is 3.22. The molecule has 0 saturated carbocycles. The van der Waals surface area contributed by atoms with Crippen molar-refractivity contribution in [1.82, 2.24) is 9.13 Å². The number of nitro groups is 1. The summed E-state index contributed by atoms with van der Waals surface area (Å²) in [6, 6.07) is 9.68. The number of non-ortho nitro benzene ring substituents is 1. The normalized spacial score (nSPS) is 11.1. The molecule has 0 aliphatic carbocycles. The summed E-state index contributed by atoms with van der Waals surface area (Å²) in [5.74, 6) is -1.08. The summed E-state index contributed by atoms with van der Waals surface area (Å²) in [5.41, 5.74) is 0.270. The SMILES string of the molecule is CC(C)n1c(=S)n(-c2ccc(C(=O)O)cc2)c(=O)c2cc([N+](=O)[O-])ccc21. The standard InChI is InChI=1S/C18H15N3O5S/c1-10(2)19-15-8-7-13(21(25)26)9-14(15)16(22)20(18(19)27)12-5-3-11(4-6-12)17(23)24/h3-10H,1-2H3,(H,23,24). The average Bonchev–Trinajstić information content (AvgIpc) is 2.61. The van der Waals surface area contributed by atoms with E-state index in [0.29, 0.717) is 11.2 Å². The highest BCUT2D eigenvalue weighted by Crippen LogP contribution is 2.23. The molecule has 0 spiro atoms. The van der Waals surface area contributed by atoms with Gasteiger partial charge in [0.05, 0.1) is 27.1 Å². The van der Waals surface area contributed by atoms with Crippen molar-refractivity contribution in [2.45, 2.75) is 19.9 Å². The second-order valence-corrected chi connectivity index (χ2v) is 6.56. The van der Waals surface area contributed by atoms with Gasteiger partial charge in [0.15, 0.2) is 4.77 Å². The Morgan fingerprint density at radius 2 is 1.81 bits per heavy atom. The summed E-state index contributed by atoms with van der Waals surface area (Å²) in [7, 11) is 0. The van der Waals surface area contributed by atoms with Gasteiger partial charge in [-0.15, -0.1) is 0 Å². The average molecular weight is 385 g/mol. The van der Waals surface area contributed by atoms with Crippen LogP contribution >= 0.6 is 12.2 Å². The maximum atomic E-state index is 13.1. The summed E-state index contributed by atoms with van der Waals surface area (Å²) in [6.07, 6.45) is 0. The second-order valence-electron chi connectivity index (χ2n) is 6.20. The van der Waals surface area contributed by atoms with Gasteiger partial charge in [0.1, 0.15) is 0 Å². The fourth-order valence-electron chi connectivity index (χ4n) is 2.92. The van der Waals surface area contributed by atoms with Crippen LogP contribution in [0.1, 0.15) is 30.2 Å². The Bertz CT molecular complexity index is 1190. The van der Waals surface area contributed by atoms with E-state index < -0.39 is 16.5 Å². The van der Waals surface area contributed by atoms with Crippen LogP contribution in [0, 0.1) is 14.9 Å². The maximum absolute atomic E-state index is 13.1. The molecule has 0 bridgehead atoms. The molecule has 0 radical (unpaired) electrons. The molecule has 2 aromatic carbocycles. The lowest BCUT2D eigenvalue weighted by atomic mass is 10.2. The molecule has 138 valence electrons. The van der Waals surface area contributed by atoms with Crippen molar-refractivity contribution >= 4 is 34.8 Å². The van der Waals surface area contributed by atoms with Crippen molar-refractivity contribution in [2.24, 2.45) is 0 Å². The molecule has 27 heavy (non-hydrogen) atoms. The van der Waals surface area contributed by atoms with Gasteiger partial charge in [0, 0.05) is 18.2 Å². The highest BCUT2D eigenvalue weighted by Gasteiger charge is 2.17. The Labute approximate surface area is 158 Å². The van der Waals surface area contributed by atoms with Crippen molar-refractivity contribution in [2.75, 3.05) is 0 Å². The molecule has 0 amide bonds. The molecule has 1 aromatic heterocycles. The molecule has 0 atom stereocenters. The van der Waals surface area contributed by atoms with E-state index in [0.717, 1.165) is 0 Å². The van der Waals surface area contributed by atoms with Gasteiger partial charge < -0.3 is 9.67 Å². The quantitative estimate of drug-likeness (QED) is 0.417. The number of carbonyl (C=O) groups is 1. The van der Waals surface area contributed by atoms with Gasteiger partial charge in [-0.1, -0.05) is 0 Å². The fourth-order valence-corrected chi connectivity index (χ4v) is 3.41. The molecule has 3 aromatic rings. The Morgan fingerprint density at radius 1 is 1.19 bits per heavy atom. The molecule has 1 N–H and O–H groups in total. The van der Waals surface area contributed by atoms with Crippen molar-refractivity contribution in [3.8, 4) is 5.69 Å². The van der Waals surface area contributed by atoms with Gasteiger partial charge in [-0.05, 0) is 56.4 Å². The Balaban J connectivity index is 2.41. The Kier molecular flexibility index (Phi) is 4.63. The number of aromatic nitrogens is 2. The van der Waals surface area contributed by atoms with Crippen LogP contribution in [0.2, 0.25) is 0 Å². The Morgan fingerprint density at radius 3 is 2.33 bits per heavy atom. The zero-order valence-electron chi connectivity index (χ0n) is 14.4. The van der Waals surface area contributed by atoms with Gasteiger partial charge in [-0.25, -0.2) is 4.79 Å². The molecule has 0 unspecified atom stereocenters. The van der Waals surface area contributed by atoms with Crippen LogP contribution in [-0.2, 0) is 0 Å². The minimum absolute atomic E-state index is 0.0749. The minimum atomic E-state index is -1.08. The van der Waals surface area contributed by atoms with E-state index in [1.807, 2.05) is 13.8 Å². The lowest BCUT2D eigenvalue weighted by molar-refractivity contribution is -0.384. The van der Waals surface area contributed by atoms with E-state index in [1.165, 1.54) is 47.0 Å². The van der Waals surface area contributed by atoms with E-state index in [2.05, 4.69) is 0 Å². The van der Waals surface area contributed by atoms with E-state index in [-0.39, 0.29) is 27.4 Å². The van der Waals surface area contributed by atoms with Crippen molar-refractivity contribution in [3.05, 3.63) is 73.3 Å². The van der Waals surface area contributed by atoms with E-state index >= 15 is 0 Å². The number of hydrogen-bond acceptors (Lipinski definition) is 5. The molecule has 1 heterocycles. The summed E-state index contributed by atoms with van der Waals surface area (Å²) >= 11 is 5.51. The molecule has 0 saturated heterocycles. The summed E-state index contributed by atoms with van der Waals surface area (Å²) in [4.78, 5) is 34.7. The largest absolute Gasteiger partial charge is 0.478 e. The van der Waals surface area contributed by atoms with Gasteiger partial charge in [-0.3, -0.25) is 19.5 Å². The van der Waals surface area contributed by atoms with Gasteiger partial charge in [-0.2, -0.15) is 0 Å². The minimum Gasteiger partial charge on any atom is -0.478 e. The third-order valence-corrected chi connectivity index (χ3v) is 4.55. The molecule has 0 fully saturated rings. The summed E-state index contributed by atoms with van der Waals surface area (Å²) in [6.45, 7) is 3.78. The number of hydrogen-bond donors (Lipinski definition) is 1. The first-order chi connectivity index (χ1) is 12.7. The van der Waals surface area contributed by atoms with Crippen LogP contribution in [-0.4, -0.2) is 25.1 Å². The highest BCUT2D eigenvalue weighted by molar-refractivity contribution is 7.71. The van der Waals surface area contributed by atoms with Gasteiger partial charge in [0.25, 0.3) is 11.2 Å². The van der Waals surface area contributed by atoms with E-state index in [1.54, 1.807) is 4.57 Å². The van der Waals surface area contributed by atoms with Crippen LogP contribution < -0.4 is 5.56 Å². The van der Waals surface area contributed by atoms with Crippen LogP contribution in [0.5, 0.6) is 0 Å². The smallest absolute Gasteiger partial charge is 0.335 e. The molecule has 8 nitrogen and oxygen atoms in total. The monoisotopic (exact) mass is 385 g/mol. The van der Waals surface area contributed by atoms with Gasteiger partial charge in [0.2, 0.25) is 0 Å². The topological polar surface area (TPSA) is 107 Å². The number of nitrogens with zero attached hydrogens (tertiary/aromatic N) is 3. The molecular formula is C18H15N3O5S.